The highest BCUT2D eigenvalue weighted by Gasteiger charge is 2.27. The normalized spacial score (nSPS) is 13.1. The maximum absolute atomic E-state index is 11.8. The summed E-state index contributed by atoms with van der Waals surface area (Å²) >= 11 is 0. The van der Waals surface area contributed by atoms with Crippen LogP contribution in [0.3, 0.4) is 0 Å². The van der Waals surface area contributed by atoms with Gasteiger partial charge in [0.1, 0.15) is 12.2 Å². The molecular formula is C16H21NO6. The molecule has 0 amide bonds. The van der Waals surface area contributed by atoms with Gasteiger partial charge in [-0.05, 0) is 12.5 Å². The Morgan fingerprint density at radius 3 is 2.48 bits per heavy atom. The van der Waals surface area contributed by atoms with Gasteiger partial charge in [0.15, 0.2) is 0 Å². The van der Waals surface area contributed by atoms with Crippen LogP contribution in [-0.4, -0.2) is 36.4 Å². The van der Waals surface area contributed by atoms with Crippen molar-refractivity contribution in [1.29, 1.82) is 0 Å². The van der Waals surface area contributed by atoms with E-state index < -0.39 is 22.9 Å². The van der Waals surface area contributed by atoms with Gasteiger partial charge < -0.3 is 9.47 Å². The molecule has 0 fully saturated rings. The molecule has 0 saturated carbocycles. The number of hydrogen-bond donors (Lipinski definition) is 0. The summed E-state index contributed by atoms with van der Waals surface area (Å²) in [4.78, 5) is 33.2. The molecule has 0 N–H and O–H groups in total. The van der Waals surface area contributed by atoms with Gasteiger partial charge >= 0.3 is 5.97 Å². The van der Waals surface area contributed by atoms with E-state index in [2.05, 4.69) is 4.74 Å². The molecule has 2 unspecified atom stereocenters. The van der Waals surface area contributed by atoms with E-state index >= 15 is 0 Å². The van der Waals surface area contributed by atoms with Crippen molar-refractivity contribution < 1.29 is 24.0 Å². The zero-order chi connectivity index (χ0) is 17.2. The highest BCUT2D eigenvalue weighted by atomic mass is 16.6. The first-order chi connectivity index (χ1) is 10.9. The minimum absolute atomic E-state index is 0.0912. The first-order valence-corrected chi connectivity index (χ1v) is 7.28. The van der Waals surface area contributed by atoms with Gasteiger partial charge in [-0.1, -0.05) is 30.3 Å². The molecule has 23 heavy (non-hydrogen) atoms. The Bertz CT molecular complexity index is 531. The van der Waals surface area contributed by atoms with Crippen molar-refractivity contribution in [3.8, 4) is 0 Å². The van der Waals surface area contributed by atoms with E-state index in [4.69, 9.17) is 4.74 Å². The molecule has 0 heterocycles. The third kappa shape index (κ3) is 7.51. The molecule has 7 heteroatoms. The summed E-state index contributed by atoms with van der Waals surface area (Å²) in [6.45, 7) is 1.62. The molecule has 0 aliphatic heterocycles. The molecule has 0 spiro atoms. The molecule has 1 rings (SSSR count). The lowest BCUT2D eigenvalue weighted by Crippen LogP contribution is -2.30. The van der Waals surface area contributed by atoms with Gasteiger partial charge in [0.2, 0.25) is 6.54 Å². The number of ketones is 1. The summed E-state index contributed by atoms with van der Waals surface area (Å²) in [6, 6.07) is 9.40. The molecule has 0 saturated heterocycles. The highest BCUT2D eigenvalue weighted by molar-refractivity contribution is 5.95. The Kier molecular flexibility index (Phi) is 7.90. The smallest absolute Gasteiger partial charge is 0.313 e. The number of benzene rings is 1. The van der Waals surface area contributed by atoms with Crippen LogP contribution in [0.1, 0.15) is 25.3 Å². The van der Waals surface area contributed by atoms with Crippen molar-refractivity contribution in [2.24, 2.45) is 5.92 Å². The van der Waals surface area contributed by atoms with E-state index in [1.54, 1.807) is 6.92 Å². The number of ether oxygens (including phenoxy) is 2. The first kappa shape index (κ1) is 18.8. The zero-order valence-corrected chi connectivity index (χ0v) is 13.3. The van der Waals surface area contributed by atoms with Gasteiger partial charge in [0.05, 0.1) is 25.7 Å². The highest BCUT2D eigenvalue weighted by Crippen LogP contribution is 2.16. The third-order valence-corrected chi connectivity index (χ3v) is 3.46. The lowest BCUT2D eigenvalue weighted by Gasteiger charge is -2.20. The minimum atomic E-state index is -0.646. The summed E-state index contributed by atoms with van der Waals surface area (Å²) in [5.41, 5.74) is 0.945. The number of nitrogens with zero attached hydrogens (tertiary/aromatic N) is 1. The Balaban J connectivity index is 2.59. The number of carbonyl (C=O) groups excluding carboxylic acids is 2. The van der Waals surface area contributed by atoms with Gasteiger partial charge in [-0.3, -0.25) is 19.7 Å². The molecular weight excluding hydrogens is 302 g/mol. The van der Waals surface area contributed by atoms with Crippen molar-refractivity contribution in [2.75, 3.05) is 13.7 Å². The van der Waals surface area contributed by atoms with Gasteiger partial charge in [0, 0.05) is 11.3 Å². The van der Waals surface area contributed by atoms with Gasteiger partial charge in [-0.25, -0.2) is 0 Å². The lowest BCUT2D eigenvalue weighted by atomic mass is 9.96. The van der Waals surface area contributed by atoms with E-state index in [0.717, 1.165) is 5.56 Å². The predicted octanol–water partition coefficient (Wildman–Crippen LogP) is 2.01. The fourth-order valence-corrected chi connectivity index (χ4v) is 2.11. The molecule has 0 aromatic heterocycles. The second-order valence-electron chi connectivity index (χ2n) is 5.27. The molecule has 126 valence electrons. The molecule has 1 aromatic rings. The van der Waals surface area contributed by atoms with E-state index in [9.17, 15) is 19.7 Å². The Labute approximate surface area is 134 Å². The first-order valence-electron chi connectivity index (χ1n) is 7.28. The summed E-state index contributed by atoms with van der Waals surface area (Å²) in [7, 11) is 1.19. The monoisotopic (exact) mass is 323 g/mol. The van der Waals surface area contributed by atoms with Crippen molar-refractivity contribution in [1.82, 2.24) is 0 Å². The Morgan fingerprint density at radius 1 is 1.26 bits per heavy atom. The molecule has 1 aromatic carbocycles. The van der Waals surface area contributed by atoms with E-state index in [0.29, 0.717) is 6.61 Å². The average molecular weight is 323 g/mol. The molecule has 0 aliphatic carbocycles. The van der Waals surface area contributed by atoms with Crippen LogP contribution in [-0.2, 0) is 25.7 Å². The second-order valence-corrected chi connectivity index (χ2v) is 5.27. The lowest BCUT2D eigenvalue weighted by molar-refractivity contribution is -0.490. The maximum atomic E-state index is 11.8. The van der Waals surface area contributed by atoms with Gasteiger partial charge in [-0.15, -0.1) is 0 Å². The topological polar surface area (TPSA) is 95.7 Å². The summed E-state index contributed by atoms with van der Waals surface area (Å²) < 4.78 is 10.1. The summed E-state index contributed by atoms with van der Waals surface area (Å²) in [5, 5.41) is 10.8. The van der Waals surface area contributed by atoms with Crippen molar-refractivity contribution >= 4 is 11.8 Å². The van der Waals surface area contributed by atoms with Crippen LogP contribution >= 0.6 is 0 Å². The fraction of sp³-hybridized carbons (Fsp3) is 0.500. The molecule has 7 nitrogen and oxygen atoms in total. The fourth-order valence-electron chi connectivity index (χ4n) is 2.11. The SMILES string of the molecule is COC(=O)CC(=O)CC(C[N+](=O)[O-])C(C)OCc1ccccc1. The Morgan fingerprint density at radius 2 is 1.91 bits per heavy atom. The number of carbonyl (C=O) groups is 2. The number of Topliss-reactive ketones (excluding diaryl/α,β-unsaturated/α-hetero) is 1. The van der Waals surface area contributed by atoms with Crippen LogP contribution in [0.4, 0.5) is 0 Å². The third-order valence-electron chi connectivity index (χ3n) is 3.46. The number of esters is 1. The largest absolute Gasteiger partial charge is 0.469 e. The standard InChI is InChI=1S/C16H21NO6/c1-12(23-11-13-6-4-3-5-7-13)14(10-17(20)21)8-15(18)9-16(19)22-2/h3-7,12,14H,8-11H2,1-2H3. The second kappa shape index (κ2) is 9.68. The summed E-state index contributed by atoms with van der Waals surface area (Å²) in [5.74, 6) is -1.63. The predicted molar refractivity (Wildman–Crippen MR) is 82.3 cm³/mol. The van der Waals surface area contributed by atoms with E-state index in [1.807, 2.05) is 30.3 Å². The van der Waals surface area contributed by atoms with Crippen LogP contribution < -0.4 is 0 Å². The summed E-state index contributed by atoms with van der Waals surface area (Å²) in [6.07, 6.45) is -0.954. The van der Waals surface area contributed by atoms with E-state index in [-0.39, 0.29) is 25.2 Å². The van der Waals surface area contributed by atoms with Crippen LogP contribution in [0.25, 0.3) is 0 Å². The van der Waals surface area contributed by atoms with Crippen molar-refractivity contribution in [3.05, 3.63) is 46.0 Å². The van der Waals surface area contributed by atoms with Crippen LogP contribution in [0, 0.1) is 16.0 Å². The molecule has 0 bridgehead atoms. The number of rotatable bonds is 10. The van der Waals surface area contributed by atoms with Crippen LogP contribution in [0.5, 0.6) is 0 Å². The number of hydrogen-bond acceptors (Lipinski definition) is 6. The average Bonchev–Trinajstić information content (AvgIpc) is 2.52. The quantitative estimate of drug-likeness (QED) is 0.283. The van der Waals surface area contributed by atoms with Crippen LogP contribution in [0.2, 0.25) is 0 Å². The Hall–Kier alpha value is -2.28. The van der Waals surface area contributed by atoms with E-state index in [1.165, 1.54) is 7.11 Å². The zero-order valence-electron chi connectivity index (χ0n) is 13.3. The van der Waals surface area contributed by atoms with Crippen LogP contribution in [0.15, 0.2) is 30.3 Å². The number of nitro groups is 1. The maximum Gasteiger partial charge on any atom is 0.313 e. The minimum Gasteiger partial charge on any atom is -0.469 e. The van der Waals surface area contributed by atoms with Crippen molar-refractivity contribution in [3.63, 3.8) is 0 Å². The molecule has 0 aliphatic rings. The molecule has 2 atom stereocenters. The van der Waals surface area contributed by atoms with Crippen molar-refractivity contribution in [2.45, 2.75) is 32.5 Å². The van der Waals surface area contributed by atoms with Gasteiger partial charge in [-0.2, -0.15) is 0 Å². The number of methoxy groups -OCH3 is 1. The van der Waals surface area contributed by atoms with Gasteiger partial charge in [0.25, 0.3) is 0 Å². The molecule has 0 radical (unpaired) electrons.